The molecule has 0 spiro atoms. The summed E-state index contributed by atoms with van der Waals surface area (Å²) in [5.74, 6) is 0.881. The predicted molar refractivity (Wildman–Crippen MR) is 179 cm³/mol. The molecule has 10 rings (SSSR count). The molecule has 0 unspecified atom stereocenters. The summed E-state index contributed by atoms with van der Waals surface area (Å²) in [4.78, 5) is 9.61. The normalized spacial score (nSPS) is 12.3. The first-order valence-electron chi connectivity index (χ1n) is 14.8. The van der Waals surface area contributed by atoms with Gasteiger partial charge in [0.2, 0.25) is 5.78 Å². The standard InChI is InChI=1S/C38H25N5O/c1-22-18-27-28-20-24(15-17-35(28)44-36(27)21-39-22)42-34-19-23(14-16-32(34)43-31-12-6-4-10-29(31)40-38(42)43)25-9-7-13-33-37(25)26-8-3-5-11-30(26)41(33)2/h3-21H,1-2H3. The van der Waals surface area contributed by atoms with Gasteiger partial charge in [0.05, 0.1) is 34.0 Å². The Bertz CT molecular complexity index is 2810. The largest absolute Gasteiger partial charge is 0.454 e. The number of hydrogen-bond acceptors (Lipinski definition) is 3. The predicted octanol–water partition coefficient (Wildman–Crippen LogP) is 9.35. The van der Waals surface area contributed by atoms with Crippen LogP contribution in [0.15, 0.2) is 120 Å². The summed E-state index contributed by atoms with van der Waals surface area (Å²) in [6.45, 7) is 2.01. The summed E-state index contributed by atoms with van der Waals surface area (Å²) in [6, 6.07) is 38.9. The molecule has 10 aromatic rings. The summed E-state index contributed by atoms with van der Waals surface area (Å²) >= 11 is 0. The highest BCUT2D eigenvalue weighted by Gasteiger charge is 2.20. The zero-order valence-electron chi connectivity index (χ0n) is 24.1. The summed E-state index contributed by atoms with van der Waals surface area (Å²) in [5.41, 5.74) is 12.7. The fourth-order valence-electron chi connectivity index (χ4n) is 7.19. The van der Waals surface area contributed by atoms with Gasteiger partial charge in [-0.05, 0) is 78.7 Å². The lowest BCUT2D eigenvalue weighted by Gasteiger charge is -2.09. The van der Waals surface area contributed by atoms with Crippen LogP contribution in [0.4, 0.5) is 0 Å². The van der Waals surface area contributed by atoms with Crippen LogP contribution in [0.2, 0.25) is 0 Å². The number of rotatable bonds is 2. The van der Waals surface area contributed by atoms with Crippen LogP contribution in [-0.4, -0.2) is 23.5 Å². The summed E-state index contributed by atoms with van der Waals surface area (Å²) in [5, 5.41) is 4.67. The average Bonchev–Trinajstić information content (AvgIpc) is 3.78. The second-order valence-corrected chi connectivity index (χ2v) is 11.7. The SMILES string of the molecule is Cc1cc2c(cn1)oc1ccc(-n3c4cc(-c5cccc6c5c5ccccc5n6C)ccc4n4c5ccccc5nc34)cc12. The number of benzene rings is 5. The number of para-hydroxylation sites is 3. The smallest absolute Gasteiger partial charge is 0.220 e. The van der Waals surface area contributed by atoms with Crippen LogP contribution in [-0.2, 0) is 7.05 Å². The first-order chi connectivity index (χ1) is 21.6. The van der Waals surface area contributed by atoms with Crippen molar-refractivity contribution in [2.45, 2.75) is 6.92 Å². The van der Waals surface area contributed by atoms with Gasteiger partial charge in [-0.1, -0.05) is 48.5 Å². The van der Waals surface area contributed by atoms with Crippen LogP contribution in [0.1, 0.15) is 5.69 Å². The van der Waals surface area contributed by atoms with Crippen molar-refractivity contribution in [1.29, 1.82) is 0 Å². The number of fused-ring (bicyclic) bond motifs is 11. The van der Waals surface area contributed by atoms with Crippen molar-refractivity contribution in [3.8, 4) is 16.8 Å². The maximum atomic E-state index is 6.16. The third-order valence-electron chi connectivity index (χ3n) is 9.19. The molecule has 0 aliphatic carbocycles. The van der Waals surface area contributed by atoms with Gasteiger partial charge in [0.15, 0.2) is 5.58 Å². The molecule has 6 nitrogen and oxygen atoms in total. The molecule has 5 aromatic heterocycles. The molecular formula is C38H25N5O. The van der Waals surface area contributed by atoms with Crippen molar-refractivity contribution in [2.24, 2.45) is 7.05 Å². The Balaban J connectivity index is 1.31. The summed E-state index contributed by atoms with van der Waals surface area (Å²) in [6.07, 6.45) is 1.81. The first kappa shape index (κ1) is 23.7. The van der Waals surface area contributed by atoms with E-state index in [0.29, 0.717) is 0 Å². The lowest BCUT2D eigenvalue weighted by atomic mass is 9.99. The van der Waals surface area contributed by atoms with Crippen molar-refractivity contribution < 1.29 is 4.42 Å². The van der Waals surface area contributed by atoms with Gasteiger partial charge in [-0.25, -0.2) is 4.98 Å². The molecule has 0 saturated carbocycles. The third-order valence-corrected chi connectivity index (χ3v) is 9.19. The van der Waals surface area contributed by atoms with Gasteiger partial charge in [-0.15, -0.1) is 0 Å². The number of furan rings is 1. The Hall–Kier alpha value is -5.88. The first-order valence-corrected chi connectivity index (χ1v) is 14.8. The second kappa shape index (κ2) is 8.36. The second-order valence-electron chi connectivity index (χ2n) is 11.7. The molecule has 0 bridgehead atoms. The third kappa shape index (κ3) is 3.04. The minimum absolute atomic E-state index is 0.794. The zero-order valence-corrected chi connectivity index (χ0v) is 24.1. The Kier molecular flexibility index (Phi) is 4.49. The zero-order chi connectivity index (χ0) is 29.1. The molecule has 0 saturated heterocycles. The van der Waals surface area contributed by atoms with E-state index in [1.165, 1.54) is 32.9 Å². The molecule has 208 valence electrons. The molecule has 6 heteroatoms. The van der Waals surface area contributed by atoms with Crippen LogP contribution in [0.3, 0.4) is 0 Å². The minimum Gasteiger partial charge on any atom is -0.454 e. The minimum atomic E-state index is 0.794. The van der Waals surface area contributed by atoms with Gasteiger partial charge in [0.25, 0.3) is 0 Å². The fraction of sp³-hybridized carbons (Fsp3) is 0.0526. The van der Waals surface area contributed by atoms with Crippen molar-refractivity contribution in [3.63, 3.8) is 0 Å². The van der Waals surface area contributed by atoms with E-state index >= 15 is 0 Å². The van der Waals surface area contributed by atoms with Gasteiger partial charge in [-0.3, -0.25) is 14.0 Å². The van der Waals surface area contributed by atoms with E-state index < -0.39 is 0 Å². The monoisotopic (exact) mass is 567 g/mol. The average molecular weight is 568 g/mol. The molecule has 0 atom stereocenters. The van der Waals surface area contributed by atoms with Crippen molar-refractivity contribution in [3.05, 3.63) is 121 Å². The Labute approximate surface area is 251 Å². The lowest BCUT2D eigenvalue weighted by Crippen LogP contribution is -1.95. The van der Waals surface area contributed by atoms with E-state index in [-0.39, 0.29) is 0 Å². The van der Waals surface area contributed by atoms with E-state index in [1.54, 1.807) is 0 Å². The van der Waals surface area contributed by atoms with Crippen LogP contribution < -0.4 is 0 Å². The van der Waals surface area contributed by atoms with E-state index in [1.807, 2.05) is 19.2 Å². The molecule has 44 heavy (non-hydrogen) atoms. The molecule has 0 fully saturated rings. The van der Waals surface area contributed by atoms with Gasteiger partial charge in [-0.2, -0.15) is 0 Å². The number of nitrogens with zero attached hydrogens (tertiary/aromatic N) is 5. The Morgan fingerprint density at radius 2 is 1.45 bits per heavy atom. The van der Waals surface area contributed by atoms with Gasteiger partial charge in [0.1, 0.15) is 5.58 Å². The molecular weight excluding hydrogens is 542 g/mol. The Morgan fingerprint density at radius 3 is 2.39 bits per heavy atom. The lowest BCUT2D eigenvalue weighted by molar-refractivity contribution is 0.666. The number of aromatic nitrogens is 5. The summed E-state index contributed by atoms with van der Waals surface area (Å²) < 4.78 is 13.0. The van der Waals surface area contributed by atoms with Crippen LogP contribution in [0, 0.1) is 6.92 Å². The number of pyridine rings is 1. The van der Waals surface area contributed by atoms with Gasteiger partial charge >= 0.3 is 0 Å². The van der Waals surface area contributed by atoms with Gasteiger partial charge < -0.3 is 8.98 Å². The van der Waals surface area contributed by atoms with Crippen molar-refractivity contribution in [2.75, 3.05) is 0 Å². The molecule has 0 radical (unpaired) electrons. The fourth-order valence-corrected chi connectivity index (χ4v) is 7.19. The maximum absolute atomic E-state index is 6.16. The quantitative estimate of drug-likeness (QED) is 0.209. The highest BCUT2D eigenvalue weighted by atomic mass is 16.3. The van der Waals surface area contributed by atoms with Crippen molar-refractivity contribution in [1.82, 2.24) is 23.5 Å². The topological polar surface area (TPSA) is 53.2 Å². The molecule has 0 aliphatic rings. The molecule has 5 heterocycles. The highest BCUT2D eigenvalue weighted by molar-refractivity contribution is 6.15. The van der Waals surface area contributed by atoms with Gasteiger partial charge in [0, 0.05) is 45.3 Å². The molecule has 0 amide bonds. The van der Waals surface area contributed by atoms with E-state index in [4.69, 9.17) is 9.40 Å². The van der Waals surface area contributed by atoms with Crippen LogP contribution >= 0.6 is 0 Å². The van der Waals surface area contributed by atoms with E-state index in [2.05, 4.69) is 129 Å². The number of imidazole rings is 2. The van der Waals surface area contributed by atoms with Crippen molar-refractivity contribution >= 4 is 71.6 Å². The molecule has 0 N–H and O–H groups in total. The van der Waals surface area contributed by atoms with Crippen LogP contribution in [0.25, 0.3) is 88.4 Å². The Morgan fingerprint density at radius 1 is 0.636 bits per heavy atom. The summed E-state index contributed by atoms with van der Waals surface area (Å²) in [7, 11) is 2.15. The van der Waals surface area contributed by atoms with E-state index in [0.717, 1.165) is 61.2 Å². The van der Waals surface area contributed by atoms with Crippen LogP contribution in [0.5, 0.6) is 0 Å². The molecule has 0 aliphatic heterocycles. The highest BCUT2D eigenvalue weighted by Crippen LogP contribution is 2.39. The number of aryl methyl sites for hydroxylation is 2. The van der Waals surface area contributed by atoms with E-state index in [9.17, 15) is 0 Å². The number of hydrogen-bond donors (Lipinski definition) is 0. The maximum Gasteiger partial charge on any atom is 0.220 e. The molecule has 5 aromatic carbocycles.